The van der Waals surface area contributed by atoms with Gasteiger partial charge in [0.2, 0.25) is 5.91 Å². The van der Waals surface area contributed by atoms with Gasteiger partial charge in [0.15, 0.2) is 9.84 Å². The van der Waals surface area contributed by atoms with E-state index in [1.165, 1.54) is 11.0 Å². The predicted octanol–water partition coefficient (Wildman–Crippen LogP) is 1.44. The fourth-order valence-corrected chi connectivity index (χ4v) is 6.73. The number of carbonyl (C=O) groups is 2. The number of benzene rings is 1. The predicted molar refractivity (Wildman–Crippen MR) is 98.1 cm³/mol. The minimum atomic E-state index is -2.97. The second-order valence-electron chi connectivity index (χ2n) is 8.27. The number of carbonyl (C=O) groups excluding carboxylic acids is 2. The lowest BCUT2D eigenvalue weighted by Gasteiger charge is -2.15. The molecule has 2 amide bonds. The van der Waals surface area contributed by atoms with Crippen molar-refractivity contribution in [1.29, 1.82) is 0 Å². The number of halogens is 1. The first-order valence-electron chi connectivity index (χ1n) is 9.58. The number of nitrogens with zero attached hydrogens (tertiary/aromatic N) is 1. The van der Waals surface area contributed by atoms with Crippen LogP contribution in [0.25, 0.3) is 0 Å². The van der Waals surface area contributed by atoms with E-state index in [1.807, 2.05) is 0 Å². The molecule has 0 unspecified atom stereocenters. The highest BCUT2D eigenvalue weighted by molar-refractivity contribution is 7.91. The molecule has 0 aromatic heterocycles. The summed E-state index contributed by atoms with van der Waals surface area (Å²) in [6.07, 6.45) is 0.781. The van der Waals surface area contributed by atoms with Gasteiger partial charge in [-0.25, -0.2) is 17.6 Å². The van der Waals surface area contributed by atoms with Crippen LogP contribution in [0.3, 0.4) is 0 Å². The second kappa shape index (κ2) is 6.17. The monoisotopic (exact) mass is 408 g/mol. The zero-order valence-corrected chi connectivity index (χ0v) is 16.0. The highest BCUT2D eigenvalue weighted by Gasteiger charge is 2.59. The van der Waals surface area contributed by atoms with Gasteiger partial charge < -0.3 is 10.1 Å². The number of nitrogens with one attached hydrogen (secondary N) is 1. The first-order chi connectivity index (χ1) is 13.3. The lowest BCUT2D eigenvalue weighted by atomic mass is 10.1. The van der Waals surface area contributed by atoms with Crippen LogP contribution < -0.4 is 10.2 Å². The topological polar surface area (TPSA) is 92.8 Å². The Balaban J connectivity index is 1.24. The number of sulfone groups is 1. The van der Waals surface area contributed by atoms with Crippen LogP contribution in [-0.4, -0.2) is 51.1 Å². The molecule has 2 aliphatic heterocycles. The van der Waals surface area contributed by atoms with Gasteiger partial charge in [0.25, 0.3) is 0 Å². The molecule has 4 atom stereocenters. The summed E-state index contributed by atoms with van der Waals surface area (Å²) in [7, 11) is -2.97. The summed E-state index contributed by atoms with van der Waals surface area (Å²) in [6.45, 7) is 0.494. The van der Waals surface area contributed by atoms with Crippen LogP contribution in [0.5, 0.6) is 0 Å². The van der Waals surface area contributed by atoms with E-state index in [4.69, 9.17) is 4.74 Å². The third-order valence-electron chi connectivity index (χ3n) is 6.21. The second-order valence-corrected chi connectivity index (χ2v) is 10.4. The van der Waals surface area contributed by atoms with Crippen molar-refractivity contribution in [3.63, 3.8) is 0 Å². The molecule has 28 heavy (non-hydrogen) atoms. The lowest BCUT2D eigenvalue weighted by Crippen LogP contribution is -2.35. The Bertz CT molecular complexity index is 943. The standard InChI is InChI=1S/C19H21FN2O5S/c20-16-5-11(3-4-13(16)17-14-8-28(25,26)9-15(14)17)22-7-12(27-19(22)24)6-21-18(23)10-1-2-10/h3-5,10,12,14-15,17H,1-2,6-9H2,(H,21,23)/t12-,14-,15+,17+/m0/s1. The van der Waals surface area contributed by atoms with Crippen LogP contribution in [-0.2, 0) is 19.4 Å². The number of hydrogen-bond donors (Lipinski definition) is 1. The first kappa shape index (κ1) is 17.9. The Morgan fingerprint density at radius 2 is 1.96 bits per heavy atom. The van der Waals surface area contributed by atoms with Gasteiger partial charge in [-0.3, -0.25) is 9.69 Å². The molecule has 2 saturated heterocycles. The molecule has 1 N–H and O–H groups in total. The number of rotatable bonds is 5. The normalized spacial score (nSPS) is 32.8. The van der Waals surface area contributed by atoms with Crippen molar-refractivity contribution in [3.8, 4) is 0 Å². The lowest BCUT2D eigenvalue weighted by molar-refractivity contribution is -0.122. The van der Waals surface area contributed by atoms with E-state index in [9.17, 15) is 22.4 Å². The number of fused-ring (bicyclic) bond motifs is 1. The summed E-state index contributed by atoms with van der Waals surface area (Å²) >= 11 is 0. The number of cyclic esters (lactones) is 1. The molecular weight excluding hydrogens is 387 g/mol. The van der Waals surface area contributed by atoms with Gasteiger partial charge in [0.05, 0.1) is 30.3 Å². The summed E-state index contributed by atoms with van der Waals surface area (Å²) in [6, 6.07) is 4.63. The Morgan fingerprint density at radius 1 is 1.25 bits per heavy atom. The van der Waals surface area contributed by atoms with Gasteiger partial charge in [-0.05, 0) is 48.3 Å². The van der Waals surface area contributed by atoms with E-state index in [-0.39, 0.29) is 54.2 Å². The first-order valence-corrected chi connectivity index (χ1v) is 11.4. The van der Waals surface area contributed by atoms with Crippen LogP contribution in [0.15, 0.2) is 18.2 Å². The number of ether oxygens (including phenoxy) is 1. The fraction of sp³-hybridized carbons (Fsp3) is 0.579. The van der Waals surface area contributed by atoms with Crippen molar-refractivity contribution in [2.45, 2.75) is 24.9 Å². The molecule has 2 heterocycles. The quantitative estimate of drug-likeness (QED) is 0.796. The molecular formula is C19H21FN2O5S. The Kier molecular flexibility index (Phi) is 3.94. The maximum absolute atomic E-state index is 14.7. The molecule has 2 aliphatic carbocycles. The number of anilines is 1. The van der Waals surface area contributed by atoms with Crippen molar-refractivity contribution in [2.75, 3.05) is 29.5 Å². The molecule has 150 valence electrons. The van der Waals surface area contributed by atoms with E-state index in [2.05, 4.69) is 5.32 Å². The summed E-state index contributed by atoms with van der Waals surface area (Å²) < 4.78 is 43.1. The largest absolute Gasteiger partial charge is 0.442 e. The highest BCUT2D eigenvalue weighted by Crippen LogP contribution is 2.59. The molecule has 7 nitrogen and oxygen atoms in total. The highest BCUT2D eigenvalue weighted by atomic mass is 32.2. The molecule has 0 spiro atoms. The van der Waals surface area contributed by atoms with Gasteiger partial charge in [0.1, 0.15) is 11.9 Å². The van der Waals surface area contributed by atoms with E-state index in [0.717, 1.165) is 12.8 Å². The smallest absolute Gasteiger partial charge is 0.414 e. The van der Waals surface area contributed by atoms with Crippen LogP contribution in [0, 0.1) is 23.6 Å². The van der Waals surface area contributed by atoms with Crippen LogP contribution in [0.2, 0.25) is 0 Å². The van der Waals surface area contributed by atoms with Crippen LogP contribution >= 0.6 is 0 Å². The average Bonchev–Trinajstić information content (AvgIpc) is 3.52. The molecule has 1 aromatic carbocycles. The molecule has 2 saturated carbocycles. The average molecular weight is 408 g/mol. The van der Waals surface area contributed by atoms with Gasteiger partial charge in [-0.2, -0.15) is 0 Å². The van der Waals surface area contributed by atoms with Crippen molar-refractivity contribution < 1.29 is 27.1 Å². The SMILES string of the molecule is O=C(NC[C@H]1CN(c2ccc([C@H]3[C@@H]4CS(=O)(=O)C[C@@H]43)c(F)c2)C(=O)O1)C1CC1. The summed E-state index contributed by atoms with van der Waals surface area (Å²) in [5.74, 6) is -0.0928. The Labute approximate surface area is 162 Å². The van der Waals surface area contributed by atoms with E-state index in [0.29, 0.717) is 11.3 Å². The minimum Gasteiger partial charge on any atom is -0.442 e. The van der Waals surface area contributed by atoms with Crippen molar-refractivity contribution in [3.05, 3.63) is 29.6 Å². The van der Waals surface area contributed by atoms with Crippen LogP contribution in [0.4, 0.5) is 14.9 Å². The Hall–Kier alpha value is -2.16. The summed E-state index contributed by atoms with van der Waals surface area (Å²) in [5.41, 5.74) is 0.926. The molecule has 4 aliphatic rings. The van der Waals surface area contributed by atoms with Crippen molar-refractivity contribution in [2.24, 2.45) is 17.8 Å². The third kappa shape index (κ3) is 3.15. The Morgan fingerprint density at radius 3 is 2.61 bits per heavy atom. The van der Waals surface area contributed by atoms with Gasteiger partial charge >= 0.3 is 6.09 Å². The van der Waals surface area contributed by atoms with Crippen molar-refractivity contribution >= 4 is 27.5 Å². The molecule has 1 aromatic rings. The van der Waals surface area contributed by atoms with Crippen molar-refractivity contribution in [1.82, 2.24) is 5.32 Å². The molecule has 9 heteroatoms. The van der Waals surface area contributed by atoms with E-state index < -0.39 is 27.9 Å². The molecule has 5 rings (SSSR count). The molecule has 0 bridgehead atoms. The van der Waals surface area contributed by atoms with Gasteiger partial charge in [-0.15, -0.1) is 0 Å². The summed E-state index contributed by atoms with van der Waals surface area (Å²) in [4.78, 5) is 25.2. The number of amides is 2. The maximum atomic E-state index is 14.7. The van der Waals surface area contributed by atoms with Crippen LogP contribution in [0.1, 0.15) is 24.3 Å². The van der Waals surface area contributed by atoms with Gasteiger partial charge in [-0.1, -0.05) is 6.07 Å². The minimum absolute atomic E-state index is 0.0121. The molecule has 4 fully saturated rings. The fourth-order valence-electron chi connectivity index (χ4n) is 4.51. The zero-order chi connectivity index (χ0) is 19.6. The zero-order valence-electron chi connectivity index (χ0n) is 15.1. The van der Waals surface area contributed by atoms with E-state index >= 15 is 0 Å². The third-order valence-corrected chi connectivity index (χ3v) is 7.99. The maximum Gasteiger partial charge on any atom is 0.414 e. The summed E-state index contributed by atoms with van der Waals surface area (Å²) in [5, 5.41) is 2.79. The molecule has 0 radical (unpaired) electrons. The van der Waals surface area contributed by atoms with Gasteiger partial charge in [0, 0.05) is 5.92 Å². The van der Waals surface area contributed by atoms with E-state index in [1.54, 1.807) is 12.1 Å². The number of hydrogen-bond acceptors (Lipinski definition) is 5.